The Hall–Kier alpha value is -1.57. The van der Waals surface area contributed by atoms with Crippen LogP contribution in [0.5, 0.6) is 5.75 Å². The Morgan fingerprint density at radius 2 is 2.00 bits per heavy atom. The minimum atomic E-state index is 0.523. The zero-order chi connectivity index (χ0) is 10.7. The summed E-state index contributed by atoms with van der Waals surface area (Å²) in [5.41, 5.74) is 1.23. The number of aryl methyl sites for hydroxylation is 1. The summed E-state index contributed by atoms with van der Waals surface area (Å²) in [4.78, 5) is 4.34. The van der Waals surface area contributed by atoms with Gasteiger partial charge in [0.25, 0.3) is 0 Å². The van der Waals surface area contributed by atoms with Crippen LogP contribution >= 0.6 is 0 Å². The summed E-state index contributed by atoms with van der Waals surface area (Å²) in [5, 5.41) is 0. The van der Waals surface area contributed by atoms with Crippen molar-refractivity contribution in [2.75, 3.05) is 6.54 Å². The van der Waals surface area contributed by atoms with Crippen LogP contribution in [0.2, 0.25) is 0 Å². The van der Waals surface area contributed by atoms with Gasteiger partial charge in [-0.2, -0.15) is 0 Å². The van der Waals surface area contributed by atoms with Crippen molar-refractivity contribution in [2.45, 2.75) is 13.8 Å². The molecule has 0 saturated heterocycles. The van der Waals surface area contributed by atoms with E-state index in [9.17, 15) is 0 Å². The minimum absolute atomic E-state index is 0.523. The van der Waals surface area contributed by atoms with Crippen LogP contribution in [-0.2, 0) is 0 Å². The van der Waals surface area contributed by atoms with Crippen LogP contribution in [0.4, 0.5) is 0 Å². The molecule has 1 aromatic carbocycles. The third kappa shape index (κ3) is 2.69. The van der Waals surface area contributed by atoms with E-state index in [0.29, 0.717) is 11.8 Å². The molecule has 2 nitrogen and oxygen atoms in total. The average Bonchev–Trinajstić information content (AvgIpc) is 2.25. The van der Waals surface area contributed by atoms with Gasteiger partial charge in [-0.15, -0.1) is 0 Å². The second-order valence-corrected chi connectivity index (χ2v) is 3.93. The van der Waals surface area contributed by atoms with Crippen molar-refractivity contribution >= 4 is 5.90 Å². The number of hydrogen-bond donors (Lipinski definition) is 0. The molecule has 15 heavy (non-hydrogen) atoms. The molecule has 0 fully saturated rings. The third-order valence-corrected chi connectivity index (χ3v) is 2.35. The van der Waals surface area contributed by atoms with Crippen LogP contribution in [0.15, 0.2) is 41.4 Å². The largest absolute Gasteiger partial charge is 0.439 e. The predicted molar refractivity (Wildman–Crippen MR) is 62.4 cm³/mol. The summed E-state index contributed by atoms with van der Waals surface area (Å²) in [6.45, 7) is 5.02. The smallest absolute Gasteiger partial charge is 0.214 e. The summed E-state index contributed by atoms with van der Waals surface area (Å²) in [5.74, 6) is 2.07. The summed E-state index contributed by atoms with van der Waals surface area (Å²) >= 11 is 0. The van der Waals surface area contributed by atoms with Gasteiger partial charge in [0.05, 0.1) is 0 Å². The molecule has 0 radical (unpaired) electrons. The van der Waals surface area contributed by atoms with Gasteiger partial charge in [0.15, 0.2) is 0 Å². The van der Waals surface area contributed by atoms with Crippen LogP contribution in [0.1, 0.15) is 12.5 Å². The van der Waals surface area contributed by atoms with E-state index in [1.165, 1.54) is 5.56 Å². The van der Waals surface area contributed by atoms with Gasteiger partial charge in [0.2, 0.25) is 5.90 Å². The molecule has 0 amide bonds. The van der Waals surface area contributed by atoms with Crippen LogP contribution in [0, 0.1) is 12.8 Å². The maximum Gasteiger partial charge on any atom is 0.214 e. The lowest BCUT2D eigenvalue weighted by molar-refractivity contribution is 0.541. The lowest BCUT2D eigenvalue weighted by atomic mass is 10.1. The first-order valence-corrected chi connectivity index (χ1v) is 5.21. The number of dihydropyridines is 1. The van der Waals surface area contributed by atoms with E-state index in [1.807, 2.05) is 30.3 Å². The van der Waals surface area contributed by atoms with Gasteiger partial charge in [-0.1, -0.05) is 30.7 Å². The van der Waals surface area contributed by atoms with E-state index < -0.39 is 0 Å². The van der Waals surface area contributed by atoms with Crippen LogP contribution in [0.3, 0.4) is 0 Å². The normalized spacial score (nSPS) is 19.9. The van der Waals surface area contributed by atoms with Gasteiger partial charge < -0.3 is 4.74 Å². The van der Waals surface area contributed by atoms with E-state index >= 15 is 0 Å². The fourth-order valence-electron chi connectivity index (χ4n) is 1.39. The van der Waals surface area contributed by atoms with Gasteiger partial charge in [0, 0.05) is 6.54 Å². The molecule has 2 heteroatoms. The second-order valence-electron chi connectivity index (χ2n) is 3.93. The molecule has 1 heterocycles. The SMILES string of the molecule is Cc1ccc(OC2=NCC(C)C=C2)cc1. The Labute approximate surface area is 90.3 Å². The van der Waals surface area contributed by atoms with Crippen molar-refractivity contribution in [1.82, 2.24) is 0 Å². The molecule has 0 aliphatic carbocycles. The number of nitrogens with zero attached hydrogens (tertiary/aromatic N) is 1. The number of ether oxygens (including phenoxy) is 1. The van der Waals surface area contributed by atoms with E-state index in [1.54, 1.807) is 0 Å². The molecular formula is C13H15NO. The van der Waals surface area contributed by atoms with Crippen molar-refractivity contribution in [2.24, 2.45) is 10.9 Å². The first-order chi connectivity index (χ1) is 7.24. The Morgan fingerprint density at radius 1 is 1.27 bits per heavy atom. The van der Waals surface area contributed by atoms with E-state index in [0.717, 1.165) is 12.3 Å². The van der Waals surface area contributed by atoms with Crippen molar-refractivity contribution in [1.29, 1.82) is 0 Å². The fraction of sp³-hybridized carbons (Fsp3) is 0.308. The lowest BCUT2D eigenvalue weighted by Gasteiger charge is -2.11. The average molecular weight is 201 g/mol. The third-order valence-electron chi connectivity index (χ3n) is 2.35. The molecule has 0 bridgehead atoms. The number of hydrogen-bond acceptors (Lipinski definition) is 2. The van der Waals surface area contributed by atoms with Gasteiger partial charge >= 0.3 is 0 Å². The summed E-state index contributed by atoms with van der Waals surface area (Å²) in [6.07, 6.45) is 4.06. The summed E-state index contributed by atoms with van der Waals surface area (Å²) in [7, 11) is 0. The fourth-order valence-corrected chi connectivity index (χ4v) is 1.39. The van der Waals surface area contributed by atoms with Crippen molar-refractivity contribution in [3.05, 3.63) is 42.0 Å². The monoisotopic (exact) mass is 201 g/mol. The highest BCUT2D eigenvalue weighted by atomic mass is 16.5. The van der Waals surface area contributed by atoms with Gasteiger partial charge in [0.1, 0.15) is 5.75 Å². The molecule has 1 aliphatic heterocycles. The minimum Gasteiger partial charge on any atom is -0.439 e. The molecule has 0 saturated carbocycles. The summed E-state index contributed by atoms with van der Waals surface area (Å²) < 4.78 is 5.62. The van der Waals surface area contributed by atoms with Crippen molar-refractivity contribution < 1.29 is 4.74 Å². The van der Waals surface area contributed by atoms with E-state index in [-0.39, 0.29) is 0 Å². The van der Waals surface area contributed by atoms with Crippen LogP contribution in [0.25, 0.3) is 0 Å². The van der Waals surface area contributed by atoms with Gasteiger partial charge in [-0.25, -0.2) is 0 Å². The summed E-state index contributed by atoms with van der Waals surface area (Å²) in [6, 6.07) is 7.99. The van der Waals surface area contributed by atoms with Crippen molar-refractivity contribution in [3.63, 3.8) is 0 Å². The Morgan fingerprint density at radius 3 is 2.60 bits per heavy atom. The highest BCUT2D eigenvalue weighted by Crippen LogP contribution is 2.14. The van der Waals surface area contributed by atoms with E-state index in [2.05, 4.69) is 24.9 Å². The van der Waals surface area contributed by atoms with Crippen LogP contribution < -0.4 is 4.74 Å². The Bertz CT molecular complexity index is 390. The van der Waals surface area contributed by atoms with Crippen molar-refractivity contribution in [3.8, 4) is 5.75 Å². The molecule has 2 rings (SSSR count). The molecule has 1 atom stereocenters. The zero-order valence-electron chi connectivity index (χ0n) is 9.10. The Balaban J connectivity index is 2.04. The first-order valence-electron chi connectivity index (χ1n) is 5.21. The van der Waals surface area contributed by atoms with Gasteiger partial charge in [-0.05, 0) is 31.1 Å². The molecule has 1 aliphatic rings. The lowest BCUT2D eigenvalue weighted by Crippen LogP contribution is -2.12. The second kappa shape index (κ2) is 4.30. The van der Waals surface area contributed by atoms with Crippen LogP contribution in [-0.4, -0.2) is 12.4 Å². The highest BCUT2D eigenvalue weighted by Gasteiger charge is 2.06. The number of rotatable bonds is 1. The maximum absolute atomic E-state index is 5.62. The van der Waals surface area contributed by atoms with Gasteiger partial charge in [-0.3, -0.25) is 4.99 Å². The topological polar surface area (TPSA) is 21.6 Å². The molecule has 0 aromatic heterocycles. The highest BCUT2D eigenvalue weighted by molar-refractivity contribution is 5.90. The first kappa shape index (κ1) is 9.97. The maximum atomic E-state index is 5.62. The molecule has 0 N–H and O–H groups in total. The van der Waals surface area contributed by atoms with E-state index in [4.69, 9.17) is 4.74 Å². The number of benzene rings is 1. The Kier molecular flexibility index (Phi) is 2.86. The molecular weight excluding hydrogens is 186 g/mol. The predicted octanol–water partition coefficient (Wildman–Crippen LogP) is 2.98. The number of aliphatic imine (C=N–C) groups is 1. The molecule has 0 spiro atoms. The molecule has 78 valence electrons. The molecule has 1 aromatic rings. The zero-order valence-corrected chi connectivity index (χ0v) is 9.10. The molecule has 1 unspecified atom stereocenters. The standard InChI is InChI=1S/C13H15NO/c1-10-3-6-12(7-4-10)15-13-8-5-11(2)9-14-13/h3-8,11H,9H2,1-2H3. The quantitative estimate of drug-likeness (QED) is 0.684.